The fourth-order valence-electron chi connectivity index (χ4n) is 2.60. The zero-order valence-corrected chi connectivity index (χ0v) is 15.9. The van der Waals surface area contributed by atoms with Crippen molar-refractivity contribution in [1.29, 1.82) is 0 Å². The van der Waals surface area contributed by atoms with Gasteiger partial charge in [-0.05, 0) is 35.8 Å². The molecule has 1 fully saturated rings. The van der Waals surface area contributed by atoms with E-state index in [1.165, 1.54) is 17.3 Å². The Balaban J connectivity index is 1.69. The zero-order valence-electron chi connectivity index (χ0n) is 14.3. The molecular formula is C20H20N2OS2. The van der Waals surface area contributed by atoms with Crippen molar-refractivity contribution in [1.82, 2.24) is 4.90 Å². The van der Waals surface area contributed by atoms with E-state index in [9.17, 15) is 4.79 Å². The average Bonchev–Trinajstić information content (AvgIpc) is 2.88. The van der Waals surface area contributed by atoms with E-state index in [1.54, 1.807) is 4.90 Å². The van der Waals surface area contributed by atoms with E-state index in [0.717, 1.165) is 17.7 Å². The fraction of sp³-hybridized carbons (Fsp3) is 0.200. The van der Waals surface area contributed by atoms with Crippen LogP contribution in [0.4, 0.5) is 5.69 Å². The first-order valence-corrected chi connectivity index (χ1v) is 9.34. The molecule has 0 aliphatic carbocycles. The summed E-state index contributed by atoms with van der Waals surface area (Å²) < 4.78 is 0.636. The average molecular weight is 369 g/mol. The monoisotopic (exact) mass is 368 g/mol. The molecule has 3 rings (SSSR count). The molecule has 1 amide bonds. The van der Waals surface area contributed by atoms with Gasteiger partial charge in [-0.2, -0.15) is 0 Å². The summed E-state index contributed by atoms with van der Waals surface area (Å²) in [4.78, 5) is 17.1. The third kappa shape index (κ3) is 4.30. The molecule has 0 bridgehead atoms. The minimum Gasteiger partial charge on any atom is -0.378 e. The molecule has 3 nitrogen and oxygen atoms in total. The highest BCUT2D eigenvalue weighted by Crippen LogP contribution is 2.32. The third-order valence-electron chi connectivity index (χ3n) is 4.05. The van der Waals surface area contributed by atoms with Crippen molar-refractivity contribution in [2.75, 3.05) is 25.5 Å². The Morgan fingerprint density at radius 1 is 1.08 bits per heavy atom. The smallest absolute Gasteiger partial charge is 0.266 e. The summed E-state index contributed by atoms with van der Waals surface area (Å²) in [6, 6.07) is 18.3. The van der Waals surface area contributed by atoms with Crippen molar-refractivity contribution in [2.24, 2.45) is 0 Å². The minimum absolute atomic E-state index is 0.00242. The lowest BCUT2D eigenvalue weighted by Gasteiger charge is -2.14. The molecule has 128 valence electrons. The van der Waals surface area contributed by atoms with Crippen LogP contribution >= 0.6 is 24.0 Å². The summed E-state index contributed by atoms with van der Waals surface area (Å²) in [5.74, 6) is 0.00242. The standard InChI is InChI=1S/C20H20N2OS2/c1-21(2)17-10-8-16(9-11-17)14-18-19(23)22(20(24)25-18)13-12-15-6-4-3-5-7-15/h3-11,14H,12-13H2,1-2H3. The summed E-state index contributed by atoms with van der Waals surface area (Å²) in [5, 5.41) is 0. The number of amides is 1. The summed E-state index contributed by atoms with van der Waals surface area (Å²) in [6.45, 7) is 0.617. The van der Waals surface area contributed by atoms with E-state index in [0.29, 0.717) is 15.8 Å². The maximum atomic E-state index is 12.7. The van der Waals surface area contributed by atoms with Gasteiger partial charge in [-0.15, -0.1) is 0 Å². The molecule has 1 heterocycles. The van der Waals surface area contributed by atoms with Crippen LogP contribution < -0.4 is 4.90 Å². The van der Waals surface area contributed by atoms with Crippen molar-refractivity contribution in [3.63, 3.8) is 0 Å². The normalized spacial score (nSPS) is 15.9. The maximum Gasteiger partial charge on any atom is 0.266 e. The van der Waals surface area contributed by atoms with Crippen molar-refractivity contribution in [3.05, 3.63) is 70.6 Å². The topological polar surface area (TPSA) is 23.6 Å². The van der Waals surface area contributed by atoms with Crippen LogP contribution in [0, 0.1) is 0 Å². The molecule has 0 saturated carbocycles. The second-order valence-electron chi connectivity index (χ2n) is 6.05. The number of carbonyl (C=O) groups excluding carboxylic acids is 1. The molecule has 1 saturated heterocycles. The second kappa shape index (κ2) is 7.85. The molecule has 0 aromatic heterocycles. The van der Waals surface area contributed by atoms with Gasteiger partial charge in [0.1, 0.15) is 4.32 Å². The van der Waals surface area contributed by atoms with Gasteiger partial charge in [0.25, 0.3) is 5.91 Å². The molecule has 1 aliphatic heterocycles. The van der Waals surface area contributed by atoms with Gasteiger partial charge in [-0.1, -0.05) is 66.4 Å². The number of benzene rings is 2. The van der Waals surface area contributed by atoms with Crippen molar-refractivity contribution >= 4 is 46.0 Å². The number of rotatable bonds is 5. The molecule has 0 unspecified atom stereocenters. The number of hydrogen-bond donors (Lipinski definition) is 0. The number of thiocarbonyl (C=S) groups is 1. The van der Waals surface area contributed by atoms with E-state index < -0.39 is 0 Å². The predicted octanol–water partition coefficient (Wildman–Crippen LogP) is 4.20. The lowest BCUT2D eigenvalue weighted by molar-refractivity contribution is -0.122. The molecule has 0 spiro atoms. The summed E-state index contributed by atoms with van der Waals surface area (Å²) >= 11 is 6.78. The number of hydrogen-bond acceptors (Lipinski definition) is 4. The van der Waals surface area contributed by atoms with Gasteiger partial charge in [0, 0.05) is 26.3 Å². The van der Waals surface area contributed by atoms with Gasteiger partial charge in [-0.3, -0.25) is 9.69 Å². The Labute approximate surface area is 158 Å². The predicted molar refractivity (Wildman–Crippen MR) is 111 cm³/mol. The molecule has 0 atom stereocenters. The van der Waals surface area contributed by atoms with Crippen LogP contribution in [0.3, 0.4) is 0 Å². The van der Waals surface area contributed by atoms with Crippen LogP contribution in [0.5, 0.6) is 0 Å². The highest BCUT2D eigenvalue weighted by Gasteiger charge is 2.31. The molecule has 0 N–H and O–H groups in total. The molecule has 2 aromatic carbocycles. The Morgan fingerprint density at radius 2 is 1.76 bits per heavy atom. The Hall–Kier alpha value is -2.11. The fourth-order valence-corrected chi connectivity index (χ4v) is 3.91. The van der Waals surface area contributed by atoms with Gasteiger partial charge in [0.15, 0.2) is 0 Å². The van der Waals surface area contributed by atoms with Gasteiger partial charge >= 0.3 is 0 Å². The van der Waals surface area contributed by atoms with Crippen LogP contribution in [-0.2, 0) is 11.2 Å². The number of nitrogens with zero attached hydrogens (tertiary/aromatic N) is 2. The first-order valence-electron chi connectivity index (χ1n) is 8.11. The number of thioether (sulfide) groups is 1. The van der Waals surface area contributed by atoms with E-state index in [2.05, 4.69) is 12.1 Å². The van der Waals surface area contributed by atoms with Gasteiger partial charge in [-0.25, -0.2) is 0 Å². The Kier molecular flexibility index (Phi) is 5.56. The second-order valence-corrected chi connectivity index (χ2v) is 7.73. The van der Waals surface area contributed by atoms with Gasteiger partial charge < -0.3 is 4.90 Å². The van der Waals surface area contributed by atoms with Crippen LogP contribution in [0.2, 0.25) is 0 Å². The summed E-state index contributed by atoms with van der Waals surface area (Å²) in [5.41, 5.74) is 3.35. The van der Waals surface area contributed by atoms with Crippen LogP contribution in [0.15, 0.2) is 59.5 Å². The zero-order chi connectivity index (χ0) is 17.8. The van der Waals surface area contributed by atoms with Crippen molar-refractivity contribution in [2.45, 2.75) is 6.42 Å². The maximum absolute atomic E-state index is 12.7. The quantitative estimate of drug-likeness (QED) is 0.583. The molecule has 2 aromatic rings. The Morgan fingerprint density at radius 3 is 2.40 bits per heavy atom. The van der Waals surface area contributed by atoms with E-state index in [4.69, 9.17) is 12.2 Å². The van der Waals surface area contributed by atoms with E-state index in [1.807, 2.05) is 67.5 Å². The van der Waals surface area contributed by atoms with Crippen molar-refractivity contribution in [3.8, 4) is 0 Å². The van der Waals surface area contributed by atoms with Crippen LogP contribution in [-0.4, -0.2) is 35.8 Å². The minimum atomic E-state index is 0.00242. The summed E-state index contributed by atoms with van der Waals surface area (Å²) in [6.07, 6.45) is 2.72. The number of carbonyl (C=O) groups is 1. The highest BCUT2D eigenvalue weighted by molar-refractivity contribution is 8.26. The molecule has 5 heteroatoms. The van der Waals surface area contributed by atoms with Gasteiger partial charge in [0.2, 0.25) is 0 Å². The third-order valence-corrected chi connectivity index (χ3v) is 5.43. The molecular weight excluding hydrogens is 348 g/mol. The van der Waals surface area contributed by atoms with E-state index in [-0.39, 0.29) is 5.91 Å². The lowest BCUT2D eigenvalue weighted by atomic mass is 10.1. The Bertz CT molecular complexity index is 798. The SMILES string of the molecule is CN(C)c1ccc(C=C2SC(=S)N(CCc3ccccc3)C2=O)cc1. The first kappa shape index (κ1) is 17.7. The van der Waals surface area contributed by atoms with E-state index >= 15 is 0 Å². The highest BCUT2D eigenvalue weighted by atomic mass is 32.2. The lowest BCUT2D eigenvalue weighted by Crippen LogP contribution is -2.30. The largest absolute Gasteiger partial charge is 0.378 e. The summed E-state index contributed by atoms with van der Waals surface area (Å²) in [7, 11) is 4.01. The van der Waals surface area contributed by atoms with Crippen LogP contribution in [0.1, 0.15) is 11.1 Å². The number of anilines is 1. The van der Waals surface area contributed by atoms with Crippen LogP contribution in [0.25, 0.3) is 6.08 Å². The molecule has 25 heavy (non-hydrogen) atoms. The first-order chi connectivity index (χ1) is 12.0. The molecule has 1 aliphatic rings. The molecule has 0 radical (unpaired) electrons. The van der Waals surface area contributed by atoms with Gasteiger partial charge in [0.05, 0.1) is 4.91 Å². The van der Waals surface area contributed by atoms with Crippen molar-refractivity contribution < 1.29 is 4.79 Å².